The highest BCUT2D eigenvalue weighted by Crippen LogP contribution is 2.30. The molecule has 4 nitrogen and oxygen atoms in total. The van der Waals surface area contributed by atoms with Crippen molar-refractivity contribution in [3.8, 4) is 11.5 Å². The number of methoxy groups -OCH3 is 2. The topological polar surface area (TPSA) is 39.7 Å². The summed E-state index contributed by atoms with van der Waals surface area (Å²) < 4.78 is 16.2. The molecule has 1 N–H and O–H groups in total. The van der Waals surface area contributed by atoms with Crippen molar-refractivity contribution < 1.29 is 14.2 Å². The zero-order valence-electron chi connectivity index (χ0n) is 12.8. The fourth-order valence-corrected chi connectivity index (χ4v) is 2.61. The molecule has 0 aliphatic carbocycles. The molecule has 0 bridgehead atoms. The Morgan fingerprint density at radius 2 is 2.05 bits per heavy atom. The van der Waals surface area contributed by atoms with E-state index in [0.29, 0.717) is 12.0 Å². The molecule has 0 spiro atoms. The summed E-state index contributed by atoms with van der Waals surface area (Å²) >= 11 is 0. The Kier molecular flexibility index (Phi) is 5.26. The first-order chi connectivity index (χ1) is 9.65. The molecule has 1 fully saturated rings. The normalized spacial score (nSPS) is 23.6. The van der Waals surface area contributed by atoms with Crippen LogP contribution in [0.1, 0.15) is 31.9 Å². The Morgan fingerprint density at radius 1 is 1.30 bits per heavy atom. The molecule has 20 heavy (non-hydrogen) atoms. The highest BCUT2D eigenvalue weighted by atomic mass is 16.5. The molecule has 3 unspecified atom stereocenters. The molecule has 1 aliphatic rings. The summed E-state index contributed by atoms with van der Waals surface area (Å²) in [6.07, 6.45) is 1.51. The van der Waals surface area contributed by atoms with Gasteiger partial charge >= 0.3 is 0 Å². The molecule has 1 saturated heterocycles. The van der Waals surface area contributed by atoms with Crippen LogP contribution in [0.5, 0.6) is 11.5 Å². The minimum absolute atomic E-state index is 0.280. The van der Waals surface area contributed by atoms with Crippen molar-refractivity contribution in [3.63, 3.8) is 0 Å². The second-order valence-electron chi connectivity index (χ2n) is 5.37. The standard InChI is InChI=1S/C16H25NO3/c1-11(17-10-14-7-8-20-12(14)2)13-5-6-15(18-3)16(9-13)19-4/h5-6,9,11-12,14,17H,7-8,10H2,1-4H3. The lowest BCUT2D eigenvalue weighted by molar-refractivity contribution is 0.105. The van der Waals surface area contributed by atoms with Crippen molar-refractivity contribution in [2.75, 3.05) is 27.4 Å². The van der Waals surface area contributed by atoms with Crippen molar-refractivity contribution >= 4 is 0 Å². The van der Waals surface area contributed by atoms with Gasteiger partial charge in [-0.05, 0) is 43.9 Å². The summed E-state index contributed by atoms with van der Waals surface area (Å²) in [6, 6.07) is 6.34. The van der Waals surface area contributed by atoms with Crippen LogP contribution >= 0.6 is 0 Å². The lowest BCUT2D eigenvalue weighted by Gasteiger charge is -2.20. The fraction of sp³-hybridized carbons (Fsp3) is 0.625. The molecule has 0 saturated carbocycles. The number of hydrogen-bond acceptors (Lipinski definition) is 4. The highest BCUT2D eigenvalue weighted by Gasteiger charge is 2.24. The molecule has 0 radical (unpaired) electrons. The Morgan fingerprint density at radius 3 is 2.65 bits per heavy atom. The lowest BCUT2D eigenvalue weighted by Crippen LogP contribution is -2.29. The van der Waals surface area contributed by atoms with E-state index in [0.717, 1.165) is 31.1 Å². The summed E-state index contributed by atoms with van der Waals surface area (Å²) in [5, 5.41) is 3.58. The van der Waals surface area contributed by atoms with Crippen LogP contribution in [0.15, 0.2) is 18.2 Å². The van der Waals surface area contributed by atoms with Crippen molar-refractivity contribution in [2.24, 2.45) is 5.92 Å². The minimum atomic E-state index is 0.280. The fourth-order valence-electron chi connectivity index (χ4n) is 2.61. The van der Waals surface area contributed by atoms with Gasteiger partial charge in [-0.1, -0.05) is 6.07 Å². The van der Waals surface area contributed by atoms with Crippen molar-refractivity contribution in [1.82, 2.24) is 5.32 Å². The van der Waals surface area contributed by atoms with E-state index in [1.165, 1.54) is 5.56 Å². The van der Waals surface area contributed by atoms with Crippen LogP contribution in [0.25, 0.3) is 0 Å². The third-order valence-corrected chi connectivity index (χ3v) is 4.13. The van der Waals surface area contributed by atoms with E-state index in [1.54, 1.807) is 14.2 Å². The van der Waals surface area contributed by atoms with Crippen LogP contribution < -0.4 is 14.8 Å². The van der Waals surface area contributed by atoms with Gasteiger partial charge in [-0.2, -0.15) is 0 Å². The lowest BCUT2D eigenvalue weighted by atomic mass is 10.0. The number of nitrogens with one attached hydrogen (secondary N) is 1. The van der Waals surface area contributed by atoms with Gasteiger partial charge in [0.15, 0.2) is 11.5 Å². The van der Waals surface area contributed by atoms with E-state index in [4.69, 9.17) is 14.2 Å². The predicted octanol–water partition coefficient (Wildman–Crippen LogP) is 2.78. The van der Waals surface area contributed by atoms with E-state index in [2.05, 4.69) is 25.2 Å². The summed E-state index contributed by atoms with van der Waals surface area (Å²) in [5.74, 6) is 2.15. The Balaban J connectivity index is 1.96. The number of ether oxygens (including phenoxy) is 3. The van der Waals surface area contributed by atoms with Crippen LogP contribution in [0.4, 0.5) is 0 Å². The maximum atomic E-state index is 5.59. The molecule has 1 aliphatic heterocycles. The number of rotatable bonds is 6. The summed E-state index contributed by atoms with van der Waals surface area (Å²) in [5.41, 5.74) is 1.20. The van der Waals surface area contributed by atoms with Gasteiger partial charge in [0.25, 0.3) is 0 Å². The van der Waals surface area contributed by atoms with Crippen molar-refractivity contribution in [1.29, 1.82) is 0 Å². The Hall–Kier alpha value is -1.26. The van der Waals surface area contributed by atoms with Gasteiger partial charge in [0.05, 0.1) is 20.3 Å². The van der Waals surface area contributed by atoms with E-state index >= 15 is 0 Å². The number of benzene rings is 1. The van der Waals surface area contributed by atoms with Crippen LogP contribution in [-0.2, 0) is 4.74 Å². The third-order valence-electron chi connectivity index (χ3n) is 4.13. The molecule has 0 aromatic heterocycles. The van der Waals surface area contributed by atoms with Gasteiger partial charge in [0, 0.05) is 19.2 Å². The maximum Gasteiger partial charge on any atom is 0.161 e. The highest BCUT2D eigenvalue weighted by molar-refractivity contribution is 5.43. The van der Waals surface area contributed by atoms with Gasteiger partial charge in [0.1, 0.15) is 0 Å². The second-order valence-corrected chi connectivity index (χ2v) is 5.37. The predicted molar refractivity (Wildman–Crippen MR) is 79.5 cm³/mol. The monoisotopic (exact) mass is 279 g/mol. The van der Waals surface area contributed by atoms with E-state index in [-0.39, 0.29) is 6.04 Å². The summed E-state index contributed by atoms with van der Waals surface area (Å²) in [7, 11) is 3.32. The van der Waals surface area contributed by atoms with E-state index in [1.807, 2.05) is 12.1 Å². The largest absolute Gasteiger partial charge is 0.493 e. The third kappa shape index (κ3) is 3.44. The molecule has 1 heterocycles. The van der Waals surface area contributed by atoms with Crippen molar-refractivity contribution in [2.45, 2.75) is 32.4 Å². The average Bonchev–Trinajstić information content (AvgIpc) is 2.89. The average molecular weight is 279 g/mol. The molecule has 1 aromatic carbocycles. The molecule has 0 amide bonds. The van der Waals surface area contributed by atoms with Gasteiger partial charge < -0.3 is 19.5 Å². The smallest absolute Gasteiger partial charge is 0.161 e. The number of hydrogen-bond donors (Lipinski definition) is 1. The quantitative estimate of drug-likeness (QED) is 0.869. The van der Waals surface area contributed by atoms with Crippen molar-refractivity contribution in [3.05, 3.63) is 23.8 Å². The van der Waals surface area contributed by atoms with Crippen LogP contribution in [0, 0.1) is 5.92 Å². The summed E-state index contributed by atoms with van der Waals surface area (Å²) in [4.78, 5) is 0. The zero-order valence-corrected chi connectivity index (χ0v) is 12.8. The molecular formula is C16H25NO3. The van der Waals surface area contributed by atoms with Crippen LogP contribution in [0.2, 0.25) is 0 Å². The molecule has 2 rings (SSSR count). The first-order valence-corrected chi connectivity index (χ1v) is 7.22. The van der Waals surface area contributed by atoms with Crippen LogP contribution in [0.3, 0.4) is 0 Å². The molecule has 4 heteroatoms. The molecule has 112 valence electrons. The van der Waals surface area contributed by atoms with Crippen LogP contribution in [-0.4, -0.2) is 33.5 Å². The molecule has 3 atom stereocenters. The summed E-state index contributed by atoms with van der Waals surface area (Å²) in [6.45, 7) is 6.19. The van der Waals surface area contributed by atoms with Gasteiger partial charge in [-0.15, -0.1) is 0 Å². The molecule has 1 aromatic rings. The SMILES string of the molecule is COc1ccc(C(C)NCC2CCOC2C)cc1OC. The Labute approximate surface area is 121 Å². The second kappa shape index (κ2) is 6.95. The maximum absolute atomic E-state index is 5.59. The van der Waals surface area contributed by atoms with Gasteiger partial charge in [-0.3, -0.25) is 0 Å². The Bertz CT molecular complexity index is 436. The van der Waals surface area contributed by atoms with E-state index in [9.17, 15) is 0 Å². The minimum Gasteiger partial charge on any atom is -0.493 e. The van der Waals surface area contributed by atoms with Gasteiger partial charge in [0.2, 0.25) is 0 Å². The zero-order chi connectivity index (χ0) is 14.5. The first kappa shape index (κ1) is 15.1. The molecular weight excluding hydrogens is 254 g/mol. The van der Waals surface area contributed by atoms with E-state index < -0.39 is 0 Å². The first-order valence-electron chi connectivity index (χ1n) is 7.22. The van der Waals surface area contributed by atoms with Gasteiger partial charge in [-0.25, -0.2) is 0 Å².